The molecular weight excluding hydrogens is 347 g/mol. The van der Waals surface area contributed by atoms with Crippen molar-refractivity contribution in [2.24, 2.45) is 0 Å². The first kappa shape index (κ1) is 16.6. The van der Waals surface area contributed by atoms with Crippen LogP contribution in [0.5, 0.6) is 0 Å². The molecule has 1 aliphatic rings. The van der Waals surface area contributed by atoms with Crippen LogP contribution < -0.4 is 0 Å². The number of carbonyl (C=O) groups excluding carboxylic acids is 1. The second-order valence-electron chi connectivity index (χ2n) is 5.50. The van der Waals surface area contributed by atoms with Crippen molar-refractivity contribution in [3.05, 3.63) is 51.7 Å². The Hall–Kier alpha value is -2.22. The minimum Gasteiger partial charge on any atom is -0.457 e. The zero-order valence-electron chi connectivity index (χ0n) is 12.8. The van der Waals surface area contributed by atoms with Crippen molar-refractivity contribution < 1.29 is 9.21 Å². The van der Waals surface area contributed by atoms with Crippen molar-refractivity contribution in [2.75, 3.05) is 13.1 Å². The Morgan fingerprint density at radius 3 is 2.67 bits per heavy atom. The van der Waals surface area contributed by atoms with Crippen LogP contribution in [0.25, 0.3) is 17.4 Å². The zero-order valence-corrected chi connectivity index (χ0v) is 14.3. The number of rotatable bonds is 3. The van der Waals surface area contributed by atoms with Crippen LogP contribution in [-0.2, 0) is 4.79 Å². The highest BCUT2D eigenvalue weighted by Gasteiger charge is 2.22. The Labute approximate surface area is 149 Å². The molecule has 0 saturated carbocycles. The first-order chi connectivity index (χ1) is 11.6. The van der Waals surface area contributed by atoms with Gasteiger partial charge >= 0.3 is 0 Å². The molecule has 0 spiro atoms. The average Bonchev–Trinajstić information content (AvgIpc) is 3.26. The summed E-state index contributed by atoms with van der Waals surface area (Å²) in [6.07, 6.45) is 3.41. The Morgan fingerprint density at radius 1 is 1.21 bits per heavy atom. The molecule has 2 aromatic rings. The number of nitriles is 1. The van der Waals surface area contributed by atoms with Gasteiger partial charge < -0.3 is 9.32 Å². The Balaban J connectivity index is 1.88. The number of hydrogen-bond acceptors (Lipinski definition) is 3. The van der Waals surface area contributed by atoms with Gasteiger partial charge in [-0.3, -0.25) is 4.79 Å². The maximum Gasteiger partial charge on any atom is 0.264 e. The van der Waals surface area contributed by atoms with Crippen LogP contribution in [0.15, 0.2) is 40.3 Å². The maximum atomic E-state index is 12.3. The van der Waals surface area contributed by atoms with Crippen molar-refractivity contribution in [2.45, 2.75) is 12.8 Å². The van der Waals surface area contributed by atoms with Crippen molar-refractivity contribution in [3.8, 4) is 17.4 Å². The topological polar surface area (TPSA) is 57.2 Å². The molecule has 1 fully saturated rings. The standard InChI is InChI=1S/C18H14Cl2N2O2/c19-13-3-5-16(20)15(10-13)17-6-4-14(24-17)9-12(11-21)18(23)22-7-1-2-8-22/h3-6,9-10H,1-2,7-8H2/b12-9+. The van der Waals surface area contributed by atoms with Crippen LogP contribution in [0, 0.1) is 11.3 Å². The highest BCUT2D eigenvalue weighted by molar-refractivity contribution is 6.35. The lowest BCUT2D eigenvalue weighted by Crippen LogP contribution is -2.28. The minimum absolute atomic E-state index is 0.0648. The summed E-state index contributed by atoms with van der Waals surface area (Å²) in [5.74, 6) is 0.693. The SMILES string of the molecule is N#C/C(=C\c1ccc(-c2cc(Cl)ccc2Cl)o1)C(=O)N1CCCC1. The number of benzene rings is 1. The summed E-state index contributed by atoms with van der Waals surface area (Å²) >= 11 is 12.2. The third-order valence-electron chi connectivity index (χ3n) is 3.85. The molecule has 0 unspecified atom stereocenters. The maximum absolute atomic E-state index is 12.3. The molecule has 3 rings (SSSR count). The van der Waals surface area contributed by atoms with Crippen LogP contribution in [0.4, 0.5) is 0 Å². The molecule has 0 radical (unpaired) electrons. The summed E-state index contributed by atoms with van der Waals surface area (Å²) in [4.78, 5) is 14.0. The molecule has 6 heteroatoms. The Bertz CT molecular complexity index is 843. The molecule has 24 heavy (non-hydrogen) atoms. The van der Waals surface area contributed by atoms with E-state index in [2.05, 4.69) is 0 Å². The van der Waals surface area contributed by atoms with Crippen molar-refractivity contribution >= 4 is 35.2 Å². The van der Waals surface area contributed by atoms with Gasteiger partial charge in [-0.1, -0.05) is 23.2 Å². The van der Waals surface area contributed by atoms with Crippen LogP contribution >= 0.6 is 23.2 Å². The lowest BCUT2D eigenvalue weighted by molar-refractivity contribution is -0.125. The van der Waals surface area contributed by atoms with E-state index in [-0.39, 0.29) is 11.5 Å². The second-order valence-corrected chi connectivity index (χ2v) is 6.34. The van der Waals surface area contributed by atoms with Gasteiger partial charge in [-0.15, -0.1) is 0 Å². The van der Waals surface area contributed by atoms with Gasteiger partial charge in [0.2, 0.25) is 0 Å². The van der Waals surface area contributed by atoms with Crippen LogP contribution in [0.1, 0.15) is 18.6 Å². The molecule has 0 bridgehead atoms. The quantitative estimate of drug-likeness (QED) is 0.584. The summed E-state index contributed by atoms with van der Waals surface area (Å²) in [5.41, 5.74) is 0.725. The second kappa shape index (κ2) is 7.12. The van der Waals surface area contributed by atoms with Crippen molar-refractivity contribution in [1.29, 1.82) is 5.26 Å². The molecule has 1 aromatic carbocycles. The average molecular weight is 361 g/mol. The molecule has 122 valence electrons. The molecule has 0 N–H and O–H groups in total. The van der Waals surface area contributed by atoms with Gasteiger partial charge in [-0.05, 0) is 43.2 Å². The van der Waals surface area contributed by atoms with E-state index in [4.69, 9.17) is 27.6 Å². The van der Waals surface area contributed by atoms with E-state index >= 15 is 0 Å². The Morgan fingerprint density at radius 2 is 1.96 bits per heavy atom. The van der Waals surface area contributed by atoms with E-state index in [1.807, 2.05) is 6.07 Å². The van der Waals surface area contributed by atoms with Gasteiger partial charge in [-0.2, -0.15) is 5.26 Å². The van der Waals surface area contributed by atoms with Crippen LogP contribution in [0.3, 0.4) is 0 Å². The van der Waals surface area contributed by atoms with Crippen molar-refractivity contribution in [1.82, 2.24) is 4.90 Å². The van der Waals surface area contributed by atoms with Crippen molar-refractivity contribution in [3.63, 3.8) is 0 Å². The van der Waals surface area contributed by atoms with Gasteiger partial charge in [0, 0.05) is 29.8 Å². The Kier molecular flexibility index (Phi) is 4.94. The molecule has 2 heterocycles. The molecular formula is C18H14Cl2N2O2. The molecule has 0 atom stereocenters. The largest absolute Gasteiger partial charge is 0.457 e. The smallest absolute Gasteiger partial charge is 0.264 e. The first-order valence-electron chi connectivity index (χ1n) is 7.55. The van der Waals surface area contributed by atoms with E-state index in [0.717, 1.165) is 12.8 Å². The number of halogens is 2. The zero-order chi connectivity index (χ0) is 17.1. The predicted octanol–water partition coefficient (Wildman–Crippen LogP) is 4.78. The molecule has 1 aromatic heterocycles. The molecule has 4 nitrogen and oxygen atoms in total. The number of hydrogen-bond donors (Lipinski definition) is 0. The summed E-state index contributed by atoms with van der Waals surface area (Å²) in [6.45, 7) is 1.39. The van der Waals surface area contributed by atoms with Gasteiger partial charge in [0.25, 0.3) is 5.91 Å². The van der Waals surface area contributed by atoms with Gasteiger partial charge in [0.15, 0.2) is 0 Å². The normalized spacial score (nSPS) is 14.7. The van der Waals surface area contributed by atoms with Crippen LogP contribution in [0.2, 0.25) is 10.0 Å². The molecule has 0 aliphatic carbocycles. The lowest BCUT2D eigenvalue weighted by Gasteiger charge is -2.13. The first-order valence-corrected chi connectivity index (χ1v) is 8.30. The number of nitrogens with zero attached hydrogens (tertiary/aromatic N) is 2. The van der Waals surface area contributed by atoms with Gasteiger partial charge in [0.05, 0.1) is 5.02 Å². The summed E-state index contributed by atoms with van der Waals surface area (Å²) in [5, 5.41) is 10.3. The number of furan rings is 1. The van der Waals surface area contributed by atoms with E-state index in [9.17, 15) is 10.1 Å². The molecule has 1 aliphatic heterocycles. The van der Waals surface area contributed by atoms with E-state index in [1.54, 1.807) is 35.2 Å². The fraction of sp³-hybridized carbons (Fsp3) is 0.222. The van der Waals surface area contributed by atoms with Gasteiger partial charge in [-0.25, -0.2) is 0 Å². The van der Waals surface area contributed by atoms with Crippen LogP contribution in [-0.4, -0.2) is 23.9 Å². The van der Waals surface area contributed by atoms with E-state index in [0.29, 0.717) is 40.2 Å². The lowest BCUT2D eigenvalue weighted by atomic mass is 10.2. The third kappa shape index (κ3) is 3.48. The number of amides is 1. The summed E-state index contributed by atoms with van der Waals surface area (Å²) in [6, 6.07) is 10.5. The highest BCUT2D eigenvalue weighted by Crippen LogP contribution is 2.32. The summed E-state index contributed by atoms with van der Waals surface area (Å²) < 4.78 is 5.71. The monoisotopic (exact) mass is 360 g/mol. The third-order valence-corrected chi connectivity index (χ3v) is 4.42. The fourth-order valence-corrected chi connectivity index (χ4v) is 3.02. The highest BCUT2D eigenvalue weighted by atomic mass is 35.5. The molecule has 1 saturated heterocycles. The molecule has 1 amide bonds. The predicted molar refractivity (Wildman–Crippen MR) is 93.6 cm³/mol. The number of likely N-dealkylation sites (tertiary alicyclic amines) is 1. The van der Waals surface area contributed by atoms with Gasteiger partial charge in [0.1, 0.15) is 23.2 Å². The minimum atomic E-state index is -0.256. The van der Waals surface area contributed by atoms with E-state index < -0.39 is 0 Å². The fourth-order valence-electron chi connectivity index (χ4n) is 2.64. The van der Waals surface area contributed by atoms with E-state index in [1.165, 1.54) is 6.08 Å². The summed E-state index contributed by atoms with van der Waals surface area (Å²) in [7, 11) is 0. The number of carbonyl (C=O) groups is 1.